The Hall–Kier alpha value is -2.53. The van der Waals surface area contributed by atoms with Gasteiger partial charge < -0.3 is 19.8 Å². The number of alkyl halides is 3. The zero-order chi connectivity index (χ0) is 26.8. The SMILES string of the molecule is CN(C)[C@H]1C[C@@]23CC[C@@]4(O2)C(=C(C(F)(F)F)C[C@]2(C)C(c5ccc6n[nH]nc6c5)=CCC24)C=C3[C@@H](O)[C@@H]1O. The van der Waals surface area contributed by atoms with Crippen molar-refractivity contribution in [2.75, 3.05) is 14.1 Å². The normalized spacial score (nSPS) is 40.2. The van der Waals surface area contributed by atoms with E-state index in [4.69, 9.17) is 4.74 Å². The molecule has 1 saturated heterocycles. The third kappa shape index (κ3) is 3.00. The number of ether oxygens (including phenoxy) is 1. The van der Waals surface area contributed by atoms with Gasteiger partial charge in [0.25, 0.3) is 0 Å². The first-order valence-corrected chi connectivity index (χ1v) is 13.2. The van der Waals surface area contributed by atoms with Gasteiger partial charge in [0.15, 0.2) is 0 Å². The summed E-state index contributed by atoms with van der Waals surface area (Å²) in [6.07, 6.45) is -1.53. The number of aliphatic hydroxyl groups excluding tert-OH is 2. The lowest BCUT2D eigenvalue weighted by molar-refractivity contribution is -0.170. The molecule has 202 valence electrons. The highest BCUT2D eigenvalue weighted by Crippen LogP contribution is 2.70. The van der Waals surface area contributed by atoms with Gasteiger partial charge in [-0.2, -0.15) is 28.6 Å². The second kappa shape index (κ2) is 7.56. The second-order valence-corrected chi connectivity index (χ2v) is 12.2. The molecule has 1 saturated carbocycles. The minimum Gasteiger partial charge on any atom is -0.388 e. The van der Waals surface area contributed by atoms with Gasteiger partial charge in [-0.15, -0.1) is 0 Å². The Kier molecular flexibility index (Phi) is 4.88. The lowest BCUT2D eigenvalue weighted by Crippen LogP contribution is -2.62. The van der Waals surface area contributed by atoms with Gasteiger partial charge in [0.05, 0.1) is 17.3 Å². The third-order valence-electron chi connectivity index (χ3n) is 10.1. The average molecular weight is 529 g/mol. The number of hydrogen-bond acceptors (Lipinski definition) is 6. The fourth-order valence-corrected chi connectivity index (χ4v) is 8.38. The van der Waals surface area contributed by atoms with Gasteiger partial charge in [-0.1, -0.05) is 25.1 Å². The molecule has 2 aliphatic heterocycles. The van der Waals surface area contributed by atoms with Crippen molar-refractivity contribution in [1.82, 2.24) is 20.3 Å². The number of aromatic amines is 1. The Bertz CT molecular complexity index is 1440. The number of aliphatic hydroxyl groups is 2. The number of hydrogen-bond donors (Lipinski definition) is 3. The number of nitrogens with one attached hydrogen (secondary N) is 1. The smallest absolute Gasteiger partial charge is 0.388 e. The Balaban J connectivity index is 1.40. The highest BCUT2D eigenvalue weighted by Gasteiger charge is 2.69. The van der Waals surface area contributed by atoms with E-state index in [1.165, 1.54) is 0 Å². The van der Waals surface area contributed by atoms with Crippen molar-refractivity contribution in [3.63, 3.8) is 0 Å². The van der Waals surface area contributed by atoms with Crippen LogP contribution >= 0.6 is 0 Å². The molecule has 3 heterocycles. The molecule has 2 bridgehead atoms. The van der Waals surface area contributed by atoms with E-state index in [1.54, 1.807) is 6.08 Å². The topological polar surface area (TPSA) is 94.5 Å². The zero-order valence-corrected chi connectivity index (χ0v) is 21.5. The number of halogens is 3. The summed E-state index contributed by atoms with van der Waals surface area (Å²) in [4.78, 5) is 1.86. The molecule has 1 unspecified atom stereocenters. The molecule has 3 aliphatic carbocycles. The van der Waals surface area contributed by atoms with Gasteiger partial charge in [-0.3, -0.25) is 0 Å². The van der Waals surface area contributed by atoms with Gasteiger partial charge in [0.2, 0.25) is 0 Å². The number of fused-ring (bicyclic) bond motifs is 2. The van der Waals surface area contributed by atoms with Crippen molar-refractivity contribution in [1.29, 1.82) is 0 Å². The van der Waals surface area contributed by atoms with Crippen LogP contribution in [0.3, 0.4) is 0 Å². The molecule has 0 radical (unpaired) electrons. The lowest BCUT2D eigenvalue weighted by atomic mass is 9.56. The Morgan fingerprint density at radius 1 is 1.13 bits per heavy atom. The van der Waals surface area contributed by atoms with Gasteiger partial charge in [0.1, 0.15) is 17.1 Å². The summed E-state index contributed by atoms with van der Waals surface area (Å²) in [6.45, 7) is 1.94. The Morgan fingerprint density at radius 2 is 1.89 bits per heavy atom. The van der Waals surface area contributed by atoms with Crippen molar-refractivity contribution in [2.24, 2.45) is 11.3 Å². The number of nitrogens with zero attached hydrogens (tertiary/aromatic N) is 3. The van der Waals surface area contributed by atoms with E-state index < -0.39 is 40.6 Å². The van der Waals surface area contributed by atoms with Crippen LogP contribution in [0.1, 0.15) is 44.6 Å². The number of likely N-dealkylation sites (N-methyl/N-ethyl adjacent to an activating group) is 1. The third-order valence-corrected chi connectivity index (χ3v) is 10.1. The van der Waals surface area contributed by atoms with Crippen molar-refractivity contribution in [3.05, 3.63) is 52.6 Å². The highest BCUT2D eigenvalue weighted by atomic mass is 19.4. The Labute approximate surface area is 218 Å². The molecule has 7 rings (SSSR count). The fraction of sp³-hybridized carbons (Fsp3) is 0.571. The number of allylic oxidation sites excluding steroid dienone is 3. The van der Waals surface area contributed by atoms with Gasteiger partial charge in [0, 0.05) is 22.9 Å². The number of benzene rings is 1. The van der Waals surface area contributed by atoms with Gasteiger partial charge in [-0.05, 0) is 80.6 Å². The van der Waals surface area contributed by atoms with Crippen LogP contribution in [0.5, 0.6) is 0 Å². The number of H-pyrrole nitrogens is 1. The van der Waals surface area contributed by atoms with Crippen molar-refractivity contribution in [3.8, 4) is 0 Å². The molecule has 1 aromatic heterocycles. The number of rotatable bonds is 2. The molecule has 7 atom stereocenters. The first-order chi connectivity index (χ1) is 17.9. The average Bonchev–Trinajstić information content (AvgIpc) is 3.54. The minimum absolute atomic E-state index is 0.145. The van der Waals surface area contributed by atoms with E-state index in [-0.39, 0.29) is 24.0 Å². The van der Waals surface area contributed by atoms with Crippen molar-refractivity contribution < 1.29 is 28.1 Å². The maximum atomic E-state index is 14.8. The molecule has 5 aliphatic rings. The molecule has 2 aromatic rings. The first-order valence-electron chi connectivity index (χ1n) is 13.2. The molecule has 0 amide bonds. The summed E-state index contributed by atoms with van der Waals surface area (Å²) in [5.74, 6) is -0.196. The van der Waals surface area contributed by atoms with Crippen LogP contribution in [0.2, 0.25) is 0 Å². The largest absolute Gasteiger partial charge is 0.413 e. The van der Waals surface area contributed by atoms with E-state index in [9.17, 15) is 23.4 Å². The van der Waals surface area contributed by atoms with Crippen LogP contribution in [0.15, 0.2) is 47.1 Å². The van der Waals surface area contributed by atoms with Crippen LogP contribution in [0, 0.1) is 11.3 Å². The summed E-state index contributed by atoms with van der Waals surface area (Å²) in [6, 6.07) is 5.27. The van der Waals surface area contributed by atoms with E-state index >= 15 is 0 Å². The van der Waals surface area contributed by atoms with Gasteiger partial charge >= 0.3 is 6.18 Å². The summed E-state index contributed by atoms with van der Waals surface area (Å²) >= 11 is 0. The molecular formula is C28H31F3N4O3. The lowest BCUT2D eigenvalue weighted by Gasteiger charge is -2.57. The highest BCUT2D eigenvalue weighted by molar-refractivity contribution is 5.83. The van der Waals surface area contributed by atoms with E-state index in [2.05, 4.69) is 21.5 Å². The number of aromatic nitrogens is 3. The van der Waals surface area contributed by atoms with Crippen molar-refractivity contribution >= 4 is 16.6 Å². The van der Waals surface area contributed by atoms with Gasteiger partial charge in [-0.25, -0.2) is 0 Å². The van der Waals surface area contributed by atoms with Crippen LogP contribution in [0.25, 0.3) is 16.6 Å². The molecular weight excluding hydrogens is 497 g/mol. The first kappa shape index (κ1) is 24.5. The molecule has 1 aromatic carbocycles. The van der Waals surface area contributed by atoms with Crippen LogP contribution in [-0.4, -0.2) is 80.2 Å². The Morgan fingerprint density at radius 3 is 2.63 bits per heavy atom. The van der Waals surface area contributed by atoms with Crippen molar-refractivity contribution in [2.45, 2.75) is 74.7 Å². The minimum atomic E-state index is -4.56. The maximum Gasteiger partial charge on any atom is 0.413 e. The summed E-state index contributed by atoms with van der Waals surface area (Å²) in [5.41, 5.74) is 0.225. The predicted octanol–water partition coefficient (Wildman–Crippen LogP) is 3.91. The molecule has 2 fully saturated rings. The summed E-state index contributed by atoms with van der Waals surface area (Å²) in [7, 11) is 3.67. The quantitative estimate of drug-likeness (QED) is 0.547. The van der Waals surface area contributed by atoms with E-state index in [0.717, 1.165) is 11.1 Å². The predicted molar refractivity (Wildman–Crippen MR) is 134 cm³/mol. The standard InChI is InChI=1S/C28H31F3N4O3/c1-25-12-18(28(29,30)31)16-11-17-23(36)24(37)21(35(2)3)13-26(17)8-9-27(16,38-26)22(25)7-5-15(25)14-4-6-19-20(10-14)33-34-32-19/h4-6,10-11,21-24,36-37H,7-9,12-13H2,1-3H3,(H,32,33,34)/t21-,22?,23+,24+,25+,26+,27+/m0/s1. The molecule has 38 heavy (non-hydrogen) atoms. The molecule has 10 heteroatoms. The van der Waals surface area contributed by atoms with Crippen LogP contribution < -0.4 is 0 Å². The molecule has 3 N–H and O–H groups in total. The molecule has 2 spiro atoms. The zero-order valence-electron chi connectivity index (χ0n) is 21.5. The van der Waals surface area contributed by atoms with Crippen LogP contribution in [0.4, 0.5) is 13.2 Å². The second-order valence-electron chi connectivity index (χ2n) is 12.2. The monoisotopic (exact) mass is 528 g/mol. The molecule has 7 nitrogen and oxygen atoms in total. The summed E-state index contributed by atoms with van der Waals surface area (Å²) < 4.78 is 51.4. The van der Waals surface area contributed by atoms with E-state index in [1.807, 2.05) is 44.1 Å². The van der Waals surface area contributed by atoms with Crippen LogP contribution in [-0.2, 0) is 4.74 Å². The maximum absolute atomic E-state index is 14.8. The fourth-order valence-electron chi connectivity index (χ4n) is 8.38. The summed E-state index contributed by atoms with van der Waals surface area (Å²) in [5, 5.41) is 32.9. The van der Waals surface area contributed by atoms with E-state index in [0.29, 0.717) is 42.3 Å².